The fraction of sp³-hybridized carbons (Fsp3) is 0.286. The molecule has 8 heteroatoms. The van der Waals surface area contributed by atoms with Crippen LogP contribution in [0.15, 0.2) is 46.0 Å². The summed E-state index contributed by atoms with van der Waals surface area (Å²) in [5.41, 5.74) is 0.912. The highest BCUT2D eigenvalue weighted by Gasteiger charge is 2.34. The third-order valence-corrected chi connectivity index (χ3v) is 7.00. The Hall–Kier alpha value is -0.630. The van der Waals surface area contributed by atoms with Crippen molar-refractivity contribution in [2.75, 3.05) is 19.6 Å². The van der Waals surface area contributed by atoms with E-state index < -0.39 is 10.0 Å². The maximum absolute atomic E-state index is 12.8. The van der Waals surface area contributed by atoms with Crippen molar-refractivity contribution < 1.29 is 8.42 Å². The minimum atomic E-state index is -3.46. The van der Waals surface area contributed by atoms with Crippen LogP contribution in [0, 0.1) is 0 Å². The molecule has 1 unspecified atom stereocenters. The highest BCUT2D eigenvalue weighted by atomic mass is 35.5. The monoisotopic (exact) mass is 378 g/mol. The quantitative estimate of drug-likeness (QED) is 0.891. The van der Waals surface area contributed by atoms with E-state index >= 15 is 0 Å². The van der Waals surface area contributed by atoms with Gasteiger partial charge in [-0.05, 0) is 29.1 Å². The second-order valence-electron chi connectivity index (χ2n) is 4.82. The molecule has 2 heterocycles. The van der Waals surface area contributed by atoms with Crippen molar-refractivity contribution in [1.29, 1.82) is 0 Å². The smallest absolute Gasteiger partial charge is 0.253 e. The number of hydrogen-bond acceptors (Lipinski definition) is 4. The number of hydrogen-bond donors (Lipinski definition) is 1. The van der Waals surface area contributed by atoms with Gasteiger partial charge >= 0.3 is 0 Å². The molecule has 0 radical (unpaired) electrons. The highest BCUT2D eigenvalue weighted by molar-refractivity contribution is 7.91. The first-order chi connectivity index (χ1) is 10.1. The van der Waals surface area contributed by atoms with Crippen LogP contribution in [0.3, 0.4) is 0 Å². The summed E-state index contributed by atoms with van der Waals surface area (Å²) >= 11 is 7.29. The van der Waals surface area contributed by atoms with Crippen molar-refractivity contribution >= 4 is 45.4 Å². The van der Waals surface area contributed by atoms with Crippen LogP contribution in [0.25, 0.3) is 0 Å². The number of halogens is 2. The van der Waals surface area contributed by atoms with Crippen molar-refractivity contribution in [3.63, 3.8) is 0 Å². The number of sulfonamides is 1. The van der Waals surface area contributed by atoms with E-state index in [1.807, 2.05) is 18.2 Å². The molecule has 4 nitrogen and oxygen atoms in total. The summed E-state index contributed by atoms with van der Waals surface area (Å²) in [7, 11) is -3.46. The van der Waals surface area contributed by atoms with Gasteiger partial charge in [-0.2, -0.15) is 4.31 Å². The zero-order valence-electron chi connectivity index (χ0n) is 11.6. The lowest BCUT2D eigenvalue weighted by Gasteiger charge is -2.35. The van der Waals surface area contributed by atoms with E-state index in [1.54, 1.807) is 27.9 Å². The minimum absolute atomic E-state index is 0. The van der Waals surface area contributed by atoms with Crippen molar-refractivity contribution in [3.05, 3.63) is 52.4 Å². The fourth-order valence-electron chi connectivity index (χ4n) is 2.50. The molecule has 22 heavy (non-hydrogen) atoms. The number of thiophene rings is 1. The summed E-state index contributed by atoms with van der Waals surface area (Å²) in [6, 6.07) is 10.6. The predicted molar refractivity (Wildman–Crippen MR) is 92.5 cm³/mol. The summed E-state index contributed by atoms with van der Waals surface area (Å²) in [4.78, 5) is 0. The molecule has 1 aliphatic rings. The topological polar surface area (TPSA) is 49.4 Å². The van der Waals surface area contributed by atoms with Crippen LogP contribution in [0.4, 0.5) is 0 Å². The number of benzene rings is 1. The molecule has 2 aromatic rings. The van der Waals surface area contributed by atoms with Crippen LogP contribution >= 0.6 is 35.3 Å². The minimum Gasteiger partial charge on any atom is -0.313 e. The highest BCUT2D eigenvalue weighted by Crippen LogP contribution is 2.31. The molecule has 1 aromatic heterocycles. The van der Waals surface area contributed by atoms with Gasteiger partial charge in [0.25, 0.3) is 10.0 Å². The standard InChI is InChI=1S/C14H15ClN2O2S2.ClH/c15-12-4-1-3-11(9-12)13-10-16-6-7-17(13)21(18,19)14-5-2-8-20-14;/h1-5,8-9,13,16H,6-7,10H2;1H. The van der Waals surface area contributed by atoms with Gasteiger partial charge in [0.15, 0.2) is 0 Å². The molecule has 120 valence electrons. The Morgan fingerprint density at radius 2 is 2.09 bits per heavy atom. The maximum Gasteiger partial charge on any atom is 0.253 e. The molecular weight excluding hydrogens is 363 g/mol. The first-order valence-corrected chi connectivity index (χ1v) is 9.30. The van der Waals surface area contributed by atoms with E-state index in [2.05, 4.69) is 5.32 Å². The molecule has 0 saturated carbocycles. The second kappa shape index (κ2) is 7.29. The maximum atomic E-state index is 12.8. The SMILES string of the molecule is Cl.O=S(=O)(c1cccs1)N1CCNCC1c1cccc(Cl)c1. The van der Waals surface area contributed by atoms with Gasteiger partial charge in [0.05, 0.1) is 6.04 Å². The summed E-state index contributed by atoms with van der Waals surface area (Å²) in [6.07, 6.45) is 0. The van der Waals surface area contributed by atoms with Crippen molar-refractivity contribution in [2.45, 2.75) is 10.3 Å². The fourth-order valence-corrected chi connectivity index (χ4v) is 5.43. The van der Waals surface area contributed by atoms with Crippen LogP contribution < -0.4 is 5.32 Å². The normalized spacial score (nSPS) is 19.6. The molecule has 0 bridgehead atoms. The molecule has 0 spiro atoms. The largest absolute Gasteiger partial charge is 0.313 e. The van der Waals surface area contributed by atoms with Gasteiger partial charge in [0.1, 0.15) is 4.21 Å². The van der Waals surface area contributed by atoms with Gasteiger partial charge in [0, 0.05) is 24.7 Å². The van der Waals surface area contributed by atoms with E-state index in [-0.39, 0.29) is 18.4 Å². The molecule has 1 aliphatic heterocycles. The predicted octanol–water partition coefficient (Wildman–Crippen LogP) is 3.16. The van der Waals surface area contributed by atoms with E-state index in [0.717, 1.165) is 5.56 Å². The van der Waals surface area contributed by atoms with Crippen LogP contribution in [-0.4, -0.2) is 32.4 Å². The lowest BCUT2D eigenvalue weighted by Crippen LogP contribution is -2.48. The van der Waals surface area contributed by atoms with Crippen molar-refractivity contribution in [1.82, 2.24) is 9.62 Å². The lowest BCUT2D eigenvalue weighted by molar-refractivity contribution is 0.272. The summed E-state index contributed by atoms with van der Waals surface area (Å²) in [5, 5.41) is 5.65. The average molecular weight is 379 g/mol. The molecule has 3 rings (SSSR count). The molecule has 1 N–H and O–H groups in total. The first kappa shape index (κ1) is 17.7. The van der Waals surface area contributed by atoms with Gasteiger partial charge in [-0.3, -0.25) is 0 Å². The van der Waals surface area contributed by atoms with E-state index in [4.69, 9.17) is 11.6 Å². The Kier molecular flexibility index (Phi) is 5.87. The number of rotatable bonds is 3. The van der Waals surface area contributed by atoms with Gasteiger partial charge < -0.3 is 5.32 Å². The molecule has 0 amide bonds. The molecule has 1 aromatic carbocycles. The Morgan fingerprint density at radius 3 is 2.77 bits per heavy atom. The Balaban J connectivity index is 0.00000176. The Bertz CT molecular complexity index is 720. The molecular formula is C14H16Cl2N2O2S2. The van der Waals surface area contributed by atoms with Crippen molar-refractivity contribution in [2.24, 2.45) is 0 Å². The van der Waals surface area contributed by atoms with Crippen molar-refractivity contribution in [3.8, 4) is 0 Å². The number of piperazine rings is 1. The Labute approximate surface area is 145 Å². The van der Waals surface area contributed by atoms with E-state index in [9.17, 15) is 8.42 Å². The van der Waals surface area contributed by atoms with E-state index in [0.29, 0.717) is 28.9 Å². The summed E-state index contributed by atoms with van der Waals surface area (Å²) in [5.74, 6) is 0. The van der Waals surface area contributed by atoms with Crippen LogP contribution in [0.5, 0.6) is 0 Å². The summed E-state index contributed by atoms with van der Waals surface area (Å²) in [6.45, 7) is 1.70. The molecule has 0 aliphatic carbocycles. The van der Waals surface area contributed by atoms with E-state index in [1.165, 1.54) is 11.3 Å². The molecule has 1 fully saturated rings. The van der Waals surface area contributed by atoms with Gasteiger partial charge in [-0.25, -0.2) is 8.42 Å². The first-order valence-electron chi connectivity index (χ1n) is 6.60. The number of nitrogens with one attached hydrogen (secondary N) is 1. The average Bonchev–Trinajstić information content (AvgIpc) is 3.02. The number of nitrogens with zero attached hydrogens (tertiary/aromatic N) is 1. The van der Waals surface area contributed by atoms with Crippen LogP contribution in [0.2, 0.25) is 5.02 Å². The third kappa shape index (κ3) is 3.48. The third-order valence-electron chi connectivity index (χ3n) is 3.49. The second-order valence-corrected chi connectivity index (χ2v) is 8.32. The summed E-state index contributed by atoms with van der Waals surface area (Å²) < 4.78 is 27.5. The Morgan fingerprint density at radius 1 is 1.27 bits per heavy atom. The molecule has 1 saturated heterocycles. The van der Waals surface area contributed by atoms with Crippen LogP contribution in [0.1, 0.15) is 11.6 Å². The molecule has 1 atom stereocenters. The van der Waals surface area contributed by atoms with Gasteiger partial charge in [-0.15, -0.1) is 23.7 Å². The lowest BCUT2D eigenvalue weighted by atomic mass is 10.1. The zero-order valence-corrected chi connectivity index (χ0v) is 14.8. The zero-order chi connectivity index (χ0) is 14.9. The van der Waals surface area contributed by atoms with Crippen LogP contribution in [-0.2, 0) is 10.0 Å². The van der Waals surface area contributed by atoms with Gasteiger partial charge in [-0.1, -0.05) is 29.8 Å². The van der Waals surface area contributed by atoms with Gasteiger partial charge in [0.2, 0.25) is 0 Å².